The van der Waals surface area contributed by atoms with Crippen LogP contribution < -0.4 is 10.0 Å². The average molecular weight is 348 g/mol. The summed E-state index contributed by atoms with van der Waals surface area (Å²) in [6, 6.07) is 17.3. The summed E-state index contributed by atoms with van der Waals surface area (Å²) in [5.41, 5.74) is 2.40. The van der Waals surface area contributed by atoms with Gasteiger partial charge in [-0.2, -0.15) is 0 Å². The van der Waals surface area contributed by atoms with Gasteiger partial charge in [0.15, 0.2) is 0 Å². The van der Waals surface area contributed by atoms with Crippen molar-refractivity contribution in [3.05, 3.63) is 60.2 Å². The Hall–Kier alpha value is -2.05. The smallest absolute Gasteiger partial charge is 0.235 e. The molecule has 0 aromatic heterocycles. The number of para-hydroxylation sites is 2. The van der Waals surface area contributed by atoms with Crippen molar-refractivity contribution in [3.8, 4) is 0 Å². The Bertz CT molecular complexity index is 748. The van der Waals surface area contributed by atoms with Crippen molar-refractivity contribution in [1.82, 2.24) is 0 Å². The fraction of sp³-hybridized carbons (Fsp3) is 0.333. The van der Waals surface area contributed by atoms with Gasteiger partial charge in [-0.25, -0.2) is 8.42 Å². The molecule has 0 bridgehead atoms. The van der Waals surface area contributed by atoms with Gasteiger partial charge < -0.3 is 10.1 Å². The lowest BCUT2D eigenvalue weighted by molar-refractivity contribution is 0.136. The Morgan fingerprint density at radius 1 is 0.958 bits per heavy atom. The first-order valence-corrected chi connectivity index (χ1v) is 9.50. The third kappa shape index (κ3) is 5.25. The molecule has 0 aliphatic carbocycles. The van der Waals surface area contributed by atoms with Gasteiger partial charge in [0, 0.05) is 13.2 Å². The Balaban J connectivity index is 2.16. The maximum Gasteiger partial charge on any atom is 0.235 e. The molecule has 0 unspecified atom stereocenters. The summed E-state index contributed by atoms with van der Waals surface area (Å²) in [5, 5.41) is 3.36. The van der Waals surface area contributed by atoms with Crippen LogP contribution in [-0.2, 0) is 14.8 Å². The molecule has 2 aromatic rings. The Kier molecular flexibility index (Phi) is 6.23. The van der Waals surface area contributed by atoms with E-state index in [4.69, 9.17) is 4.74 Å². The van der Waals surface area contributed by atoms with Gasteiger partial charge in [-0.15, -0.1) is 0 Å². The first-order valence-electron chi connectivity index (χ1n) is 7.85. The van der Waals surface area contributed by atoms with E-state index in [1.165, 1.54) is 7.11 Å². The van der Waals surface area contributed by atoms with Crippen molar-refractivity contribution in [1.29, 1.82) is 0 Å². The molecule has 0 radical (unpaired) electrons. The van der Waals surface area contributed by atoms with E-state index in [-0.39, 0.29) is 17.9 Å². The highest BCUT2D eigenvalue weighted by Gasteiger charge is 2.17. The lowest BCUT2D eigenvalue weighted by Crippen LogP contribution is -2.26. The number of sulfonamides is 1. The van der Waals surface area contributed by atoms with E-state index in [0.29, 0.717) is 5.69 Å². The minimum Gasteiger partial charge on any atom is -0.381 e. The Morgan fingerprint density at radius 2 is 1.54 bits per heavy atom. The number of hydrogen-bond acceptors (Lipinski definition) is 4. The zero-order valence-corrected chi connectivity index (χ0v) is 15.0. The summed E-state index contributed by atoms with van der Waals surface area (Å²) in [6.07, 6.45) is -0.370. The fourth-order valence-corrected chi connectivity index (χ4v) is 3.69. The van der Waals surface area contributed by atoms with E-state index < -0.39 is 10.0 Å². The number of hydrogen-bond donors (Lipinski definition) is 2. The lowest BCUT2D eigenvalue weighted by atomic mass is 10.1. The summed E-state index contributed by atoms with van der Waals surface area (Å²) >= 11 is 0. The summed E-state index contributed by atoms with van der Waals surface area (Å²) in [5.74, 6) is -0.0912. The zero-order valence-electron chi connectivity index (χ0n) is 14.2. The van der Waals surface area contributed by atoms with Crippen LogP contribution in [0.4, 0.5) is 11.4 Å². The average Bonchev–Trinajstić information content (AvgIpc) is 2.56. The molecule has 5 nitrogen and oxygen atoms in total. The quantitative estimate of drug-likeness (QED) is 0.764. The summed E-state index contributed by atoms with van der Waals surface area (Å²) < 4.78 is 32.2. The SMILES string of the molecule is CO[C@@H](C)CS(=O)(=O)Nc1ccccc1N[C@@H](C)c1ccccc1. The molecule has 130 valence electrons. The lowest BCUT2D eigenvalue weighted by Gasteiger charge is -2.20. The topological polar surface area (TPSA) is 67.4 Å². The number of methoxy groups -OCH3 is 1. The number of anilines is 2. The van der Waals surface area contributed by atoms with Gasteiger partial charge >= 0.3 is 0 Å². The second kappa shape index (κ2) is 8.17. The summed E-state index contributed by atoms with van der Waals surface area (Å²) in [7, 11) is -1.99. The molecule has 2 N–H and O–H groups in total. The van der Waals surface area contributed by atoms with Gasteiger partial charge in [0.2, 0.25) is 10.0 Å². The monoisotopic (exact) mass is 348 g/mol. The molecule has 0 aliphatic rings. The van der Waals surface area contributed by atoms with E-state index in [0.717, 1.165) is 11.3 Å². The molecular formula is C18H24N2O3S. The number of rotatable bonds is 8. The highest BCUT2D eigenvalue weighted by Crippen LogP contribution is 2.27. The first-order chi connectivity index (χ1) is 11.4. The van der Waals surface area contributed by atoms with Crippen LogP contribution in [0, 0.1) is 0 Å². The Labute approximate surface area is 144 Å². The first kappa shape index (κ1) is 18.3. The summed E-state index contributed by atoms with van der Waals surface area (Å²) in [6.45, 7) is 3.76. The van der Waals surface area contributed by atoms with Crippen molar-refractivity contribution < 1.29 is 13.2 Å². The van der Waals surface area contributed by atoms with Crippen LogP contribution in [0.2, 0.25) is 0 Å². The van der Waals surface area contributed by atoms with E-state index >= 15 is 0 Å². The van der Waals surface area contributed by atoms with Crippen LogP contribution >= 0.6 is 0 Å². The highest BCUT2D eigenvalue weighted by molar-refractivity contribution is 7.92. The molecule has 2 rings (SSSR count). The van der Waals surface area contributed by atoms with Crippen molar-refractivity contribution >= 4 is 21.4 Å². The molecule has 0 saturated heterocycles. The van der Waals surface area contributed by atoms with Gasteiger partial charge in [0.05, 0.1) is 23.2 Å². The molecule has 24 heavy (non-hydrogen) atoms. The maximum atomic E-state index is 12.3. The standard InChI is InChI=1S/C18H24N2O3S/c1-14(23-3)13-24(21,22)20-18-12-8-7-11-17(18)19-15(2)16-9-5-4-6-10-16/h4-12,14-15,19-20H,13H2,1-3H3/t14-,15-/m0/s1. The van der Waals surface area contributed by atoms with Crippen molar-refractivity contribution in [3.63, 3.8) is 0 Å². The summed E-state index contributed by atoms with van der Waals surface area (Å²) in [4.78, 5) is 0. The van der Waals surface area contributed by atoms with Crippen LogP contribution in [0.25, 0.3) is 0 Å². The minimum atomic E-state index is -3.48. The molecule has 0 saturated carbocycles. The second-order valence-electron chi connectivity index (χ2n) is 5.75. The third-order valence-electron chi connectivity index (χ3n) is 3.72. The zero-order chi connectivity index (χ0) is 17.6. The van der Waals surface area contributed by atoms with Gasteiger partial charge in [-0.1, -0.05) is 42.5 Å². The third-order valence-corrected chi connectivity index (χ3v) is 5.16. The molecule has 2 atom stereocenters. The fourth-order valence-electron chi connectivity index (χ4n) is 2.34. The second-order valence-corrected chi connectivity index (χ2v) is 7.52. The van der Waals surface area contributed by atoms with Crippen LogP contribution in [-0.4, -0.2) is 27.4 Å². The molecule has 6 heteroatoms. The van der Waals surface area contributed by atoms with E-state index in [2.05, 4.69) is 10.0 Å². The van der Waals surface area contributed by atoms with Crippen LogP contribution in [0.3, 0.4) is 0 Å². The predicted octanol–water partition coefficient (Wildman–Crippen LogP) is 3.64. The number of benzene rings is 2. The van der Waals surface area contributed by atoms with Crippen LogP contribution in [0.5, 0.6) is 0 Å². The van der Waals surface area contributed by atoms with Gasteiger partial charge in [-0.3, -0.25) is 4.72 Å². The van der Waals surface area contributed by atoms with E-state index in [1.54, 1.807) is 19.1 Å². The van der Waals surface area contributed by atoms with E-state index in [1.807, 2.05) is 49.4 Å². The van der Waals surface area contributed by atoms with Gasteiger partial charge in [0.25, 0.3) is 0 Å². The molecular weight excluding hydrogens is 324 g/mol. The van der Waals surface area contributed by atoms with Crippen LogP contribution in [0.15, 0.2) is 54.6 Å². The predicted molar refractivity (Wildman–Crippen MR) is 98.8 cm³/mol. The van der Waals surface area contributed by atoms with Crippen molar-refractivity contribution in [2.75, 3.05) is 22.9 Å². The van der Waals surface area contributed by atoms with Crippen LogP contribution in [0.1, 0.15) is 25.5 Å². The molecule has 2 aromatic carbocycles. The molecule has 0 heterocycles. The van der Waals surface area contributed by atoms with Gasteiger partial charge in [0.1, 0.15) is 0 Å². The van der Waals surface area contributed by atoms with Gasteiger partial charge in [-0.05, 0) is 31.5 Å². The highest BCUT2D eigenvalue weighted by atomic mass is 32.2. The normalized spacial score (nSPS) is 14.0. The molecule has 0 fully saturated rings. The minimum absolute atomic E-state index is 0.0507. The molecule has 0 spiro atoms. The Morgan fingerprint density at radius 3 is 2.17 bits per heavy atom. The van der Waals surface area contributed by atoms with E-state index in [9.17, 15) is 8.42 Å². The molecule has 0 amide bonds. The number of nitrogens with one attached hydrogen (secondary N) is 2. The number of ether oxygens (including phenoxy) is 1. The van der Waals surface area contributed by atoms with Crippen molar-refractivity contribution in [2.24, 2.45) is 0 Å². The largest absolute Gasteiger partial charge is 0.381 e. The maximum absolute atomic E-state index is 12.3. The van der Waals surface area contributed by atoms with Crippen molar-refractivity contribution in [2.45, 2.75) is 26.0 Å². The molecule has 0 aliphatic heterocycles.